The van der Waals surface area contributed by atoms with Crippen LogP contribution in [0.2, 0.25) is 0 Å². The number of nitrogens with one attached hydrogen (secondary N) is 2. The Labute approximate surface area is 102 Å². The lowest BCUT2D eigenvalue weighted by atomic mass is 10.2. The molecule has 0 saturated heterocycles. The summed E-state index contributed by atoms with van der Waals surface area (Å²) in [7, 11) is 0. The zero-order valence-corrected chi connectivity index (χ0v) is 9.25. The first-order valence-corrected chi connectivity index (χ1v) is 5.11. The van der Waals surface area contributed by atoms with Gasteiger partial charge in [-0.05, 0) is 18.2 Å². The molecular weight excluding hydrogens is 234 g/mol. The van der Waals surface area contributed by atoms with Crippen LogP contribution >= 0.6 is 0 Å². The Bertz CT molecular complexity index is 600. The molecule has 90 valence electrons. The van der Waals surface area contributed by atoms with Crippen LogP contribution in [-0.4, -0.2) is 15.1 Å². The molecule has 0 amide bonds. The van der Waals surface area contributed by atoms with Crippen molar-refractivity contribution in [3.8, 4) is 6.07 Å². The molecule has 0 aliphatic rings. The highest BCUT2D eigenvalue weighted by molar-refractivity contribution is 5.59. The molecule has 2 rings (SSSR count). The molecule has 0 aliphatic heterocycles. The van der Waals surface area contributed by atoms with Crippen LogP contribution in [0.3, 0.4) is 0 Å². The largest absolute Gasteiger partial charge is 0.379 e. The van der Waals surface area contributed by atoms with E-state index in [1.54, 1.807) is 24.4 Å². The smallest absolute Gasteiger partial charge is 0.289 e. The van der Waals surface area contributed by atoms with Crippen LogP contribution in [0.4, 0.5) is 11.4 Å². The Morgan fingerprint density at radius 2 is 2.33 bits per heavy atom. The van der Waals surface area contributed by atoms with E-state index in [0.717, 1.165) is 5.69 Å². The number of aromatic amines is 1. The summed E-state index contributed by atoms with van der Waals surface area (Å²) < 4.78 is 0. The van der Waals surface area contributed by atoms with Crippen molar-refractivity contribution in [2.45, 2.75) is 6.54 Å². The van der Waals surface area contributed by atoms with Crippen LogP contribution in [0.5, 0.6) is 0 Å². The summed E-state index contributed by atoms with van der Waals surface area (Å²) in [5.74, 6) is 0. The van der Waals surface area contributed by atoms with Gasteiger partial charge in [0, 0.05) is 18.0 Å². The first-order chi connectivity index (χ1) is 8.70. The number of aromatic nitrogens is 2. The molecule has 0 aliphatic carbocycles. The van der Waals surface area contributed by atoms with Gasteiger partial charge in [-0.3, -0.25) is 15.2 Å². The van der Waals surface area contributed by atoms with Gasteiger partial charge in [0.05, 0.1) is 17.2 Å². The van der Waals surface area contributed by atoms with Gasteiger partial charge in [-0.25, -0.2) is 0 Å². The van der Waals surface area contributed by atoms with E-state index in [9.17, 15) is 10.1 Å². The number of hydrogen-bond acceptors (Lipinski definition) is 5. The molecule has 7 heteroatoms. The minimum absolute atomic E-state index is 0.0482. The fourth-order valence-electron chi connectivity index (χ4n) is 1.47. The number of benzene rings is 1. The van der Waals surface area contributed by atoms with Crippen molar-refractivity contribution >= 4 is 11.4 Å². The van der Waals surface area contributed by atoms with Crippen molar-refractivity contribution in [3.63, 3.8) is 0 Å². The predicted octanol–water partition coefficient (Wildman–Crippen LogP) is 1.80. The van der Waals surface area contributed by atoms with Gasteiger partial charge in [0.15, 0.2) is 0 Å². The summed E-state index contributed by atoms with van der Waals surface area (Å²) in [6, 6.07) is 7.98. The molecule has 1 aromatic heterocycles. The zero-order chi connectivity index (χ0) is 13.0. The van der Waals surface area contributed by atoms with Gasteiger partial charge in [-0.2, -0.15) is 10.4 Å². The number of rotatable bonds is 4. The first kappa shape index (κ1) is 11.6. The Balaban J connectivity index is 2.17. The highest BCUT2D eigenvalue weighted by Gasteiger charge is 2.13. The number of hydrogen-bond donors (Lipinski definition) is 2. The number of H-pyrrole nitrogens is 1. The lowest BCUT2D eigenvalue weighted by Gasteiger charge is -2.04. The fourth-order valence-corrected chi connectivity index (χ4v) is 1.47. The molecule has 0 spiro atoms. The van der Waals surface area contributed by atoms with E-state index in [-0.39, 0.29) is 11.3 Å². The quantitative estimate of drug-likeness (QED) is 0.628. The number of nitriles is 1. The first-order valence-electron chi connectivity index (χ1n) is 5.11. The van der Waals surface area contributed by atoms with Crippen molar-refractivity contribution in [2.24, 2.45) is 0 Å². The summed E-state index contributed by atoms with van der Waals surface area (Å²) in [4.78, 5) is 10.2. The minimum Gasteiger partial charge on any atom is -0.379 e. The van der Waals surface area contributed by atoms with Gasteiger partial charge >= 0.3 is 0 Å². The zero-order valence-electron chi connectivity index (χ0n) is 9.25. The maximum Gasteiger partial charge on any atom is 0.289 e. The van der Waals surface area contributed by atoms with E-state index in [2.05, 4.69) is 15.5 Å². The molecule has 18 heavy (non-hydrogen) atoms. The van der Waals surface area contributed by atoms with Crippen LogP contribution in [0, 0.1) is 21.4 Å². The molecule has 0 bridgehead atoms. The molecule has 0 unspecified atom stereocenters. The van der Waals surface area contributed by atoms with E-state index >= 15 is 0 Å². The van der Waals surface area contributed by atoms with Crippen LogP contribution in [0.15, 0.2) is 30.5 Å². The summed E-state index contributed by atoms with van der Waals surface area (Å²) in [6.45, 7) is 0.475. The molecule has 2 N–H and O–H groups in total. The van der Waals surface area contributed by atoms with E-state index in [4.69, 9.17) is 5.26 Å². The van der Waals surface area contributed by atoms with Crippen molar-refractivity contribution in [1.82, 2.24) is 10.2 Å². The average Bonchev–Trinajstić information content (AvgIpc) is 2.89. The standard InChI is InChI=1S/C11H9N5O2/c12-6-8-1-2-9(5-11(8)16(17)18)13-7-10-3-4-14-15-10/h1-5,13H,7H2,(H,14,15). The van der Waals surface area contributed by atoms with Gasteiger partial charge < -0.3 is 5.32 Å². The monoisotopic (exact) mass is 243 g/mol. The van der Waals surface area contributed by atoms with Gasteiger partial charge in [0.1, 0.15) is 11.6 Å². The Morgan fingerprint density at radius 3 is 2.94 bits per heavy atom. The molecular formula is C11H9N5O2. The van der Waals surface area contributed by atoms with Crippen molar-refractivity contribution in [1.29, 1.82) is 5.26 Å². The molecule has 2 aromatic rings. The second kappa shape index (κ2) is 4.97. The fraction of sp³-hybridized carbons (Fsp3) is 0.0909. The molecule has 1 heterocycles. The highest BCUT2D eigenvalue weighted by atomic mass is 16.6. The van der Waals surface area contributed by atoms with Crippen molar-refractivity contribution in [3.05, 3.63) is 51.8 Å². The SMILES string of the molecule is N#Cc1ccc(NCc2ccn[nH]2)cc1[N+](=O)[O-]. The van der Waals surface area contributed by atoms with E-state index < -0.39 is 4.92 Å². The molecule has 0 atom stereocenters. The van der Waals surface area contributed by atoms with Crippen LogP contribution < -0.4 is 5.32 Å². The van der Waals surface area contributed by atoms with Crippen LogP contribution in [0.25, 0.3) is 0 Å². The molecule has 7 nitrogen and oxygen atoms in total. The third kappa shape index (κ3) is 2.44. The molecule has 0 radical (unpaired) electrons. The number of nitro benzene ring substituents is 1. The van der Waals surface area contributed by atoms with Crippen LogP contribution in [0.1, 0.15) is 11.3 Å². The van der Waals surface area contributed by atoms with Gasteiger partial charge in [-0.15, -0.1) is 0 Å². The average molecular weight is 243 g/mol. The Kier molecular flexibility index (Phi) is 3.20. The van der Waals surface area contributed by atoms with Crippen LogP contribution in [-0.2, 0) is 6.54 Å². The third-order valence-electron chi connectivity index (χ3n) is 2.36. The summed E-state index contributed by atoms with van der Waals surface area (Å²) in [6.07, 6.45) is 1.62. The maximum absolute atomic E-state index is 10.8. The summed E-state index contributed by atoms with van der Waals surface area (Å²) in [5, 5.41) is 29.1. The lowest BCUT2D eigenvalue weighted by molar-refractivity contribution is -0.385. The Hall–Kier alpha value is -2.88. The van der Waals surface area contributed by atoms with E-state index in [1.165, 1.54) is 12.1 Å². The summed E-state index contributed by atoms with van der Waals surface area (Å²) >= 11 is 0. The van der Waals surface area contributed by atoms with Gasteiger partial charge in [0.25, 0.3) is 5.69 Å². The molecule has 0 saturated carbocycles. The van der Waals surface area contributed by atoms with Gasteiger partial charge in [0.2, 0.25) is 0 Å². The molecule has 0 fully saturated rings. The Morgan fingerprint density at radius 1 is 1.50 bits per heavy atom. The second-order valence-corrected chi connectivity index (χ2v) is 3.54. The van der Waals surface area contributed by atoms with Crippen molar-refractivity contribution < 1.29 is 4.92 Å². The maximum atomic E-state index is 10.8. The number of anilines is 1. The topological polar surface area (TPSA) is 108 Å². The normalized spacial score (nSPS) is 9.72. The predicted molar refractivity (Wildman–Crippen MR) is 63.7 cm³/mol. The lowest BCUT2D eigenvalue weighted by Crippen LogP contribution is -2.01. The minimum atomic E-state index is -0.570. The molecule has 1 aromatic carbocycles. The summed E-state index contributed by atoms with van der Waals surface area (Å²) in [5.41, 5.74) is 1.29. The highest BCUT2D eigenvalue weighted by Crippen LogP contribution is 2.22. The van der Waals surface area contributed by atoms with Gasteiger partial charge in [-0.1, -0.05) is 0 Å². The number of nitro groups is 1. The second-order valence-electron chi connectivity index (χ2n) is 3.54. The number of nitrogens with zero attached hydrogens (tertiary/aromatic N) is 3. The van der Waals surface area contributed by atoms with Crippen molar-refractivity contribution in [2.75, 3.05) is 5.32 Å². The third-order valence-corrected chi connectivity index (χ3v) is 2.36. The van der Waals surface area contributed by atoms with E-state index in [1.807, 2.05) is 0 Å². The van der Waals surface area contributed by atoms with E-state index in [0.29, 0.717) is 12.2 Å².